The third kappa shape index (κ3) is 4.55. The summed E-state index contributed by atoms with van der Waals surface area (Å²) >= 11 is 3.42. The molecule has 0 aromatic heterocycles. The first-order chi connectivity index (χ1) is 10.0. The van der Waals surface area contributed by atoms with Gasteiger partial charge >= 0.3 is 5.97 Å². The Morgan fingerprint density at radius 3 is 2.48 bits per heavy atom. The molecule has 0 atom stereocenters. The van der Waals surface area contributed by atoms with Crippen LogP contribution in [-0.2, 0) is 11.2 Å². The van der Waals surface area contributed by atoms with Crippen LogP contribution in [0.25, 0.3) is 0 Å². The fraction of sp³-hybridized carbons (Fsp3) is 0.588. The Morgan fingerprint density at radius 1 is 1.29 bits per heavy atom. The zero-order chi connectivity index (χ0) is 15.3. The van der Waals surface area contributed by atoms with E-state index in [-0.39, 0.29) is 5.97 Å². The van der Waals surface area contributed by atoms with Crippen molar-refractivity contribution in [3.8, 4) is 0 Å². The third-order valence-electron chi connectivity index (χ3n) is 4.25. The van der Waals surface area contributed by atoms with Crippen LogP contribution in [0.1, 0.15) is 42.6 Å². The van der Waals surface area contributed by atoms with Crippen LogP contribution in [0.4, 0.5) is 0 Å². The van der Waals surface area contributed by atoms with Gasteiger partial charge in [0.25, 0.3) is 0 Å². The molecule has 3 nitrogen and oxygen atoms in total. The summed E-state index contributed by atoms with van der Waals surface area (Å²) in [7, 11) is 0. The zero-order valence-electron chi connectivity index (χ0n) is 12.8. The maximum Gasteiger partial charge on any atom is 0.338 e. The van der Waals surface area contributed by atoms with Crippen LogP contribution < -0.4 is 5.32 Å². The monoisotopic (exact) mass is 353 g/mol. The Morgan fingerprint density at radius 2 is 1.90 bits per heavy atom. The molecule has 0 amide bonds. The maximum absolute atomic E-state index is 12.3. The second kappa shape index (κ2) is 7.41. The molecule has 0 aliphatic carbocycles. The topological polar surface area (TPSA) is 38.3 Å². The number of rotatable bonds is 5. The lowest BCUT2D eigenvalue weighted by atomic mass is 9.83. The Hall–Kier alpha value is -0.870. The third-order valence-corrected chi connectivity index (χ3v) is 4.65. The molecule has 2 rings (SSSR count). The van der Waals surface area contributed by atoms with E-state index in [0.717, 1.165) is 37.7 Å². The SMILES string of the molecule is CC(C)(OC(=O)c1ccc(CCBr)cc1)C1CCNCC1. The number of hydrogen-bond acceptors (Lipinski definition) is 3. The van der Waals surface area contributed by atoms with E-state index in [1.807, 2.05) is 38.1 Å². The van der Waals surface area contributed by atoms with E-state index in [1.54, 1.807) is 0 Å². The van der Waals surface area contributed by atoms with Gasteiger partial charge < -0.3 is 10.1 Å². The number of benzene rings is 1. The largest absolute Gasteiger partial charge is 0.456 e. The van der Waals surface area contributed by atoms with Gasteiger partial charge in [-0.25, -0.2) is 4.79 Å². The molecule has 4 heteroatoms. The van der Waals surface area contributed by atoms with E-state index >= 15 is 0 Å². The minimum Gasteiger partial charge on any atom is -0.456 e. The molecule has 0 bridgehead atoms. The molecule has 116 valence electrons. The lowest BCUT2D eigenvalue weighted by Gasteiger charge is -2.36. The Kier molecular flexibility index (Phi) is 5.82. The van der Waals surface area contributed by atoms with Crippen LogP contribution in [0.2, 0.25) is 0 Å². The number of alkyl halides is 1. The van der Waals surface area contributed by atoms with Gasteiger partial charge in [-0.3, -0.25) is 0 Å². The van der Waals surface area contributed by atoms with Crippen LogP contribution in [-0.4, -0.2) is 30.0 Å². The molecule has 0 spiro atoms. The van der Waals surface area contributed by atoms with Gasteiger partial charge in [-0.2, -0.15) is 0 Å². The predicted molar refractivity (Wildman–Crippen MR) is 89.0 cm³/mol. The second-order valence-corrected chi connectivity index (χ2v) is 6.95. The summed E-state index contributed by atoms with van der Waals surface area (Å²) in [5.41, 5.74) is 1.45. The first kappa shape index (κ1) is 16.5. The molecule has 1 N–H and O–H groups in total. The lowest BCUT2D eigenvalue weighted by Crippen LogP contribution is -2.42. The first-order valence-electron chi connectivity index (χ1n) is 7.62. The van der Waals surface area contributed by atoms with E-state index in [2.05, 4.69) is 21.2 Å². The quantitative estimate of drug-likeness (QED) is 0.649. The van der Waals surface area contributed by atoms with Gasteiger partial charge in [0.05, 0.1) is 5.56 Å². The number of hydrogen-bond donors (Lipinski definition) is 1. The van der Waals surface area contributed by atoms with Crippen molar-refractivity contribution >= 4 is 21.9 Å². The molecule has 0 radical (unpaired) electrons. The van der Waals surface area contributed by atoms with E-state index in [0.29, 0.717) is 11.5 Å². The molecule has 0 unspecified atom stereocenters. The van der Waals surface area contributed by atoms with Crippen molar-refractivity contribution in [2.75, 3.05) is 18.4 Å². The minimum atomic E-state index is -0.409. The molecule has 1 saturated heterocycles. The average Bonchev–Trinajstić information content (AvgIpc) is 2.49. The molecule has 1 aliphatic rings. The number of halogens is 1. The van der Waals surface area contributed by atoms with Gasteiger partial charge in [0.2, 0.25) is 0 Å². The maximum atomic E-state index is 12.3. The Labute approximate surface area is 135 Å². The van der Waals surface area contributed by atoms with Gasteiger partial charge in [-0.05, 0) is 63.9 Å². The highest BCUT2D eigenvalue weighted by atomic mass is 79.9. The molecule has 1 aromatic carbocycles. The summed E-state index contributed by atoms with van der Waals surface area (Å²) in [5, 5.41) is 4.28. The van der Waals surface area contributed by atoms with E-state index in [1.165, 1.54) is 5.56 Å². The summed E-state index contributed by atoms with van der Waals surface area (Å²) in [6.45, 7) is 6.07. The number of ether oxygens (including phenoxy) is 1. The number of nitrogens with one attached hydrogen (secondary N) is 1. The van der Waals surface area contributed by atoms with Gasteiger partial charge in [0, 0.05) is 11.2 Å². The number of piperidine rings is 1. The molecule has 1 aliphatic heterocycles. The van der Waals surface area contributed by atoms with Crippen molar-refractivity contribution in [1.82, 2.24) is 5.32 Å². The van der Waals surface area contributed by atoms with Crippen molar-refractivity contribution in [2.24, 2.45) is 5.92 Å². The summed E-state index contributed by atoms with van der Waals surface area (Å²) in [6.07, 6.45) is 3.09. The van der Waals surface area contributed by atoms with Gasteiger partial charge in [0.15, 0.2) is 0 Å². The Balaban J connectivity index is 1.99. The number of esters is 1. The van der Waals surface area contributed by atoms with E-state index < -0.39 is 5.60 Å². The summed E-state index contributed by atoms with van der Waals surface area (Å²) in [4.78, 5) is 12.3. The van der Waals surface area contributed by atoms with Crippen LogP contribution in [0, 0.1) is 5.92 Å². The molecule has 1 heterocycles. The molecule has 1 aromatic rings. The highest BCUT2D eigenvalue weighted by Crippen LogP contribution is 2.29. The standard InChI is InChI=1S/C17H24BrNO2/c1-17(2,15-8-11-19-12-9-15)21-16(20)14-5-3-13(4-6-14)7-10-18/h3-6,15,19H,7-12H2,1-2H3. The fourth-order valence-electron chi connectivity index (χ4n) is 2.81. The molecule has 1 fully saturated rings. The average molecular weight is 354 g/mol. The van der Waals surface area contributed by atoms with Crippen LogP contribution in [0.15, 0.2) is 24.3 Å². The van der Waals surface area contributed by atoms with Gasteiger partial charge in [-0.15, -0.1) is 0 Å². The highest BCUT2D eigenvalue weighted by molar-refractivity contribution is 9.09. The predicted octanol–water partition coefficient (Wildman–Crippen LogP) is 3.56. The van der Waals surface area contributed by atoms with Crippen molar-refractivity contribution in [2.45, 2.75) is 38.7 Å². The first-order valence-corrected chi connectivity index (χ1v) is 8.74. The number of carbonyl (C=O) groups is 1. The second-order valence-electron chi connectivity index (χ2n) is 6.15. The van der Waals surface area contributed by atoms with Gasteiger partial charge in [0.1, 0.15) is 5.60 Å². The summed E-state index contributed by atoms with van der Waals surface area (Å²) in [6, 6.07) is 7.71. The van der Waals surface area contributed by atoms with Crippen molar-refractivity contribution < 1.29 is 9.53 Å². The molecule has 0 saturated carbocycles. The molecule has 21 heavy (non-hydrogen) atoms. The van der Waals surface area contributed by atoms with Crippen LogP contribution >= 0.6 is 15.9 Å². The van der Waals surface area contributed by atoms with Crippen molar-refractivity contribution in [3.05, 3.63) is 35.4 Å². The molecular weight excluding hydrogens is 330 g/mol. The fourth-order valence-corrected chi connectivity index (χ4v) is 3.27. The lowest BCUT2D eigenvalue weighted by molar-refractivity contribution is -0.0368. The van der Waals surface area contributed by atoms with Crippen molar-refractivity contribution in [3.63, 3.8) is 0 Å². The Bertz CT molecular complexity index is 464. The van der Waals surface area contributed by atoms with E-state index in [4.69, 9.17) is 4.74 Å². The van der Waals surface area contributed by atoms with Crippen LogP contribution in [0.3, 0.4) is 0 Å². The number of carbonyl (C=O) groups excluding carboxylic acids is 1. The smallest absolute Gasteiger partial charge is 0.338 e. The van der Waals surface area contributed by atoms with Gasteiger partial charge in [-0.1, -0.05) is 28.1 Å². The normalized spacial score (nSPS) is 16.7. The van der Waals surface area contributed by atoms with Crippen LogP contribution in [0.5, 0.6) is 0 Å². The van der Waals surface area contributed by atoms with Crippen molar-refractivity contribution in [1.29, 1.82) is 0 Å². The van der Waals surface area contributed by atoms with E-state index in [9.17, 15) is 4.79 Å². The molecular formula is C17H24BrNO2. The minimum absolute atomic E-state index is 0.219. The summed E-state index contributed by atoms with van der Waals surface area (Å²) in [5.74, 6) is 0.208. The zero-order valence-corrected chi connectivity index (χ0v) is 14.4. The number of aryl methyl sites for hydroxylation is 1. The summed E-state index contributed by atoms with van der Waals surface area (Å²) < 4.78 is 5.79. The highest BCUT2D eigenvalue weighted by Gasteiger charge is 2.34.